The third kappa shape index (κ3) is 4.47. The quantitative estimate of drug-likeness (QED) is 0.475. The minimum absolute atomic E-state index is 0.267. The van der Waals surface area contributed by atoms with Gasteiger partial charge in [-0.25, -0.2) is 8.42 Å². The topological polar surface area (TPSA) is 94.3 Å². The van der Waals surface area contributed by atoms with Crippen molar-refractivity contribution < 1.29 is 17.7 Å². The lowest BCUT2D eigenvalue weighted by molar-refractivity contribution is 0.385. The van der Waals surface area contributed by atoms with Crippen molar-refractivity contribution in [2.75, 3.05) is 11.8 Å². The SMILES string of the molecule is COc1ccc(Cc2nc(-c3ccc(NS(=O)(=O)c4cccs4)cc3)no2)cc1. The van der Waals surface area contributed by atoms with Crippen LogP contribution < -0.4 is 9.46 Å². The van der Waals surface area contributed by atoms with Gasteiger partial charge in [0.05, 0.1) is 13.5 Å². The van der Waals surface area contributed by atoms with Gasteiger partial charge in [0.2, 0.25) is 11.7 Å². The number of methoxy groups -OCH3 is 1. The number of aromatic nitrogens is 2. The average Bonchev–Trinajstić information content (AvgIpc) is 3.42. The van der Waals surface area contributed by atoms with Crippen LogP contribution in [0, 0.1) is 0 Å². The lowest BCUT2D eigenvalue weighted by atomic mass is 10.1. The normalized spacial score (nSPS) is 11.3. The Bertz CT molecular complexity index is 1180. The molecule has 1 N–H and O–H groups in total. The lowest BCUT2D eigenvalue weighted by Gasteiger charge is -2.06. The molecule has 0 aliphatic rings. The number of nitrogens with one attached hydrogen (secondary N) is 1. The molecule has 2 aromatic carbocycles. The van der Waals surface area contributed by atoms with E-state index in [-0.39, 0.29) is 4.21 Å². The third-order valence-corrected chi connectivity index (χ3v) is 6.92. The van der Waals surface area contributed by atoms with Crippen molar-refractivity contribution >= 4 is 27.0 Å². The minimum atomic E-state index is -3.57. The number of ether oxygens (including phenoxy) is 1. The minimum Gasteiger partial charge on any atom is -0.497 e. The van der Waals surface area contributed by atoms with Gasteiger partial charge in [0.25, 0.3) is 10.0 Å². The first-order valence-electron chi connectivity index (χ1n) is 8.66. The molecule has 7 nitrogen and oxygen atoms in total. The molecule has 0 bridgehead atoms. The predicted molar refractivity (Wildman–Crippen MR) is 111 cm³/mol. The Labute approximate surface area is 172 Å². The van der Waals surface area contributed by atoms with Gasteiger partial charge in [0, 0.05) is 11.3 Å². The Morgan fingerprint density at radius 2 is 1.83 bits per heavy atom. The monoisotopic (exact) mass is 427 g/mol. The highest BCUT2D eigenvalue weighted by Crippen LogP contribution is 2.23. The molecule has 4 aromatic rings. The highest BCUT2D eigenvalue weighted by Gasteiger charge is 2.15. The van der Waals surface area contributed by atoms with E-state index in [4.69, 9.17) is 9.26 Å². The summed E-state index contributed by atoms with van der Waals surface area (Å²) in [6.45, 7) is 0. The molecule has 0 atom stereocenters. The smallest absolute Gasteiger partial charge is 0.271 e. The summed E-state index contributed by atoms with van der Waals surface area (Å²) in [4.78, 5) is 4.42. The zero-order valence-electron chi connectivity index (χ0n) is 15.4. The van der Waals surface area contributed by atoms with Gasteiger partial charge < -0.3 is 9.26 Å². The fraction of sp³-hybridized carbons (Fsp3) is 0.100. The molecule has 148 valence electrons. The molecule has 0 unspecified atom stereocenters. The Morgan fingerprint density at radius 3 is 2.48 bits per heavy atom. The Morgan fingerprint density at radius 1 is 1.07 bits per heavy atom. The van der Waals surface area contributed by atoms with Gasteiger partial charge >= 0.3 is 0 Å². The van der Waals surface area contributed by atoms with Gasteiger partial charge in [-0.1, -0.05) is 23.4 Å². The van der Waals surface area contributed by atoms with Crippen molar-refractivity contribution in [1.82, 2.24) is 10.1 Å². The van der Waals surface area contributed by atoms with Gasteiger partial charge in [-0.3, -0.25) is 4.72 Å². The molecule has 0 aliphatic carbocycles. The van der Waals surface area contributed by atoms with Crippen molar-refractivity contribution in [3.63, 3.8) is 0 Å². The highest BCUT2D eigenvalue weighted by atomic mass is 32.2. The van der Waals surface area contributed by atoms with Crippen LogP contribution in [0.4, 0.5) is 5.69 Å². The molecule has 4 rings (SSSR count). The fourth-order valence-corrected chi connectivity index (χ4v) is 4.72. The van der Waals surface area contributed by atoms with Crippen molar-refractivity contribution in [3.05, 3.63) is 77.5 Å². The number of rotatable bonds is 7. The van der Waals surface area contributed by atoms with Crippen LogP contribution in [-0.4, -0.2) is 25.7 Å². The summed E-state index contributed by atoms with van der Waals surface area (Å²) in [6, 6.07) is 17.7. The van der Waals surface area contributed by atoms with E-state index in [9.17, 15) is 8.42 Å². The number of sulfonamides is 1. The summed E-state index contributed by atoms with van der Waals surface area (Å²) in [5, 5.41) is 5.73. The standard InChI is InChI=1S/C20H17N3O4S2/c1-26-17-10-4-14(5-11-17)13-18-21-20(22-27-18)15-6-8-16(9-7-15)23-29(24,25)19-3-2-12-28-19/h2-12,23H,13H2,1H3. The van der Waals surface area contributed by atoms with E-state index in [1.807, 2.05) is 24.3 Å². The van der Waals surface area contributed by atoms with E-state index in [1.165, 1.54) is 0 Å². The van der Waals surface area contributed by atoms with E-state index in [2.05, 4.69) is 14.9 Å². The van der Waals surface area contributed by atoms with E-state index in [0.29, 0.717) is 23.8 Å². The molecule has 0 saturated carbocycles. The zero-order chi connectivity index (χ0) is 20.3. The number of thiophene rings is 1. The van der Waals surface area contributed by atoms with Gasteiger partial charge in [0.1, 0.15) is 9.96 Å². The van der Waals surface area contributed by atoms with Crippen LogP contribution in [-0.2, 0) is 16.4 Å². The molecule has 29 heavy (non-hydrogen) atoms. The number of anilines is 1. The third-order valence-electron chi connectivity index (χ3n) is 4.14. The molecule has 0 spiro atoms. The molecule has 2 heterocycles. The second-order valence-electron chi connectivity index (χ2n) is 6.15. The molecule has 0 saturated heterocycles. The van der Waals surface area contributed by atoms with Crippen LogP contribution in [0.5, 0.6) is 5.75 Å². The molecular weight excluding hydrogens is 410 g/mol. The Hall–Kier alpha value is -3.17. The molecule has 0 radical (unpaired) electrons. The Kier molecular flexibility index (Phi) is 5.32. The summed E-state index contributed by atoms with van der Waals surface area (Å²) in [5.41, 5.74) is 2.22. The summed E-state index contributed by atoms with van der Waals surface area (Å²) in [5.74, 6) is 1.73. The van der Waals surface area contributed by atoms with E-state index < -0.39 is 10.0 Å². The predicted octanol–water partition coefficient (Wildman–Crippen LogP) is 4.20. The zero-order valence-corrected chi connectivity index (χ0v) is 17.0. The molecule has 0 fully saturated rings. The van der Waals surface area contributed by atoms with Gasteiger partial charge in [0.15, 0.2) is 0 Å². The second kappa shape index (κ2) is 8.06. The Balaban J connectivity index is 1.45. The summed E-state index contributed by atoms with van der Waals surface area (Å²) in [7, 11) is -1.95. The number of hydrogen-bond donors (Lipinski definition) is 1. The maximum absolute atomic E-state index is 12.3. The number of benzene rings is 2. The van der Waals surface area contributed by atoms with Crippen LogP contribution in [0.15, 0.2) is 74.8 Å². The van der Waals surface area contributed by atoms with E-state index in [1.54, 1.807) is 48.9 Å². The van der Waals surface area contributed by atoms with Gasteiger partial charge in [-0.05, 0) is 53.4 Å². The highest BCUT2D eigenvalue weighted by molar-refractivity contribution is 7.94. The van der Waals surface area contributed by atoms with Crippen LogP contribution in [0.25, 0.3) is 11.4 Å². The first-order chi connectivity index (χ1) is 14.0. The van der Waals surface area contributed by atoms with Gasteiger partial charge in [-0.15, -0.1) is 11.3 Å². The maximum atomic E-state index is 12.3. The van der Waals surface area contributed by atoms with Crippen molar-refractivity contribution in [3.8, 4) is 17.1 Å². The lowest BCUT2D eigenvalue weighted by Crippen LogP contribution is -2.11. The summed E-state index contributed by atoms with van der Waals surface area (Å²) in [6.07, 6.45) is 0.510. The van der Waals surface area contributed by atoms with Crippen LogP contribution in [0.2, 0.25) is 0 Å². The molecule has 9 heteroatoms. The van der Waals surface area contributed by atoms with Crippen molar-refractivity contribution in [2.45, 2.75) is 10.6 Å². The summed E-state index contributed by atoms with van der Waals surface area (Å²) >= 11 is 1.16. The number of nitrogens with zero attached hydrogens (tertiary/aromatic N) is 2. The van der Waals surface area contributed by atoms with Gasteiger partial charge in [-0.2, -0.15) is 4.98 Å². The van der Waals surface area contributed by atoms with Crippen LogP contribution in [0.1, 0.15) is 11.5 Å². The van der Waals surface area contributed by atoms with Crippen LogP contribution in [0.3, 0.4) is 0 Å². The summed E-state index contributed by atoms with van der Waals surface area (Å²) < 4.78 is 37.9. The average molecular weight is 428 g/mol. The van der Waals surface area contributed by atoms with Crippen molar-refractivity contribution in [2.24, 2.45) is 0 Å². The van der Waals surface area contributed by atoms with E-state index >= 15 is 0 Å². The van der Waals surface area contributed by atoms with E-state index in [0.717, 1.165) is 28.2 Å². The largest absolute Gasteiger partial charge is 0.497 e. The first-order valence-corrected chi connectivity index (χ1v) is 11.0. The second-order valence-corrected chi connectivity index (χ2v) is 9.01. The van der Waals surface area contributed by atoms with Crippen molar-refractivity contribution in [1.29, 1.82) is 0 Å². The molecule has 0 aliphatic heterocycles. The van der Waals surface area contributed by atoms with Crippen LogP contribution >= 0.6 is 11.3 Å². The molecule has 0 amide bonds. The molecular formula is C20H17N3O4S2. The molecule has 2 aromatic heterocycles. The fourth-order valence-electron chi connectivity index (χ4n) is 2.67. The first kappa shape index (κ1) is 19.2. The maximum Gasteiger partial charge on any atom is 0.271 e. The number of hydrogen-bond acceptors (Lipinski definition) is 7.